The van der Waals surface area contributed by atoms with Crippen LogP contribution in [0.3, 0.4) is 0 Å². The van der Waals surface area contributed by atoms with Crippen molar-refractivity contribution in [1.29, 1.82) is 0 Å². The van der Waals surface area contributed by atoms with Gasteiger partial charge >= 0.3 is 0 Å². The molecule has 0 spiro atoms. The van der Waals surface area contributed by atoms with E-state index in [4.69, 9.17) is 0 Å². The summed E-state index contributed by atoms with van der Waals surface area (Å²) in [5, 5.41) is 0. The average Bonchev–Trinajstić information content (AvgIpc) is 2.84. The van der Waals surface area contributed by atoms with Crippen LogP contribution in [0, 0.1) is 0 Å². The van der Waals surface area contributed by atoms with Gasteiger partial charge in [0.15, 0.2) is 11.9 Å². The Hall–Kier alpha value is -2.48. The van der Waals surface area contributed by atoms with E-state index in [0.717, 1.165) is 13.0 Å². The van der Waals surface area contributed by atoms with Gasteiger partial charge in [0, 0.05) is 23.3 Å². The van der Waals surface area contributed by atoms with E-state index in [0.29, 0.717) is 0 Å². The molecule has 0 radical (unpaired) electrons. The third kappa shape index (κ3) is 3.41. The molecule has 0 atom stereocenters. The van der Waals surface area contributed by atoms with E-state index in [-0.39, 0.29) is 5.41 Å². The van der Waals surface area contributed by atoms with Crippen molar-refractivity contribution >= 4 is 17.6 Å². The average molecular weight is 347 g/mol. The van der Waals surface area contributed by atoms with Gasteiger partial charge < -0.3 is 0 Å². The summed E-state index contributed by atoms with van der Waals surface area (Å²) in [5.41, 5.74) is 6.77. The quantitative estimate of drug-likeness (QED) is 0.552. The van der Waals surface area contributed by atoms with Crippen molar-refractivity contribution in [2.75, 3.05) is 20.6 Å². The zero-order valence-electron chi connectivity index (χ0n) is 16.7. The maximum absolute atomic E-state index is 2.33. The number of benzene rings is 2. The normalized spacial score (nSPS) is 16.4. The number of fused-ring (bicyclic) bond motifs is 1. The van der Waals surface area contributed by atoms with Crippen molar-refractivity contribution in [1.82, 2.24) is 0 Å². The van der Waals surface area contributed by atoms with Crippen LogP contribution in [0.5, 0.6) is 0 Å². The lowest BCUT2D eigenvalue weighted by Crippen LogP contribution is -2.26. The summed E-state index contributed by atoms with van der Waals surface area (Å²) in [4.78, 5) is 0. The molecule has 134 valence electrons. The zero-order chi connectivity index (χ0) is 18.7. The van der Waals surface area contributed by atoms with Crippen molar-refractivity contribution in [2.24, 2.45) is 0 Å². The highest BCUT2D eigenvalue weighted by Crippen LogP contribution is 2.38. The van der Waals surface area contributed by atoms with Gasteiger partial charge in [-0.15, -0.1) is 0 Å². The molecule has 0 unspecified atom stereocenters. The topological polar surface area (TPSA) is 6.02 Å². The van der Waals surface area contributed by atoms with Gasteiger partial charge in [0.2, 0.25) is 5.69 Å². The highest BCUT2D eigenvalue weighted by molar-refractivity contribution is 6.03. The summed E-state index contributed by atoms with van der Waals surface area (Å²) in [6, 6.07) is 17.4. The summed E-state index contributed by atoms with van der Waals surface area (Å²) >= 11 is 0. The lowest BCUT2D eigenvalue weighted by Gasteiger charge is -2.15. The van der Waals surface area contributed by atoms with E-state index < -0.39 is 0 Å². The first-order chi connectivity index (χ1) is 12.4. The van der Waals surface area contributed by atoms with Crippen molar-refractivity contribution in [3.05, 3.63) is 77.4 Å². The monoisotopic (exact) mass is 346 g/mol. The summed E-state index contributed by atoms with van der Waals surface area (Å²) in [6.45, 7) is 7.81. The molecular formula is C24H30N2+2. The highest BCUT2D eigenvalue weighted by Gasteiger charge is 2.42. The van der Waals surface area contributed by atoms with Crippen LogP contribution in [-0.2, 0) is 11.8 Å². The van der Waals surface area contributed by atoms with Gasteiger partial charge in [0.05, 0.1) is 5.41 Å². The number of allylic oxidation sites excluding steroid dienone is 2. The Morgan fingerprint density at radius 2 is 1.73 bits per heavy atom. The molecule has 1 heterocycles. The minimum absolute atomic E-state index is 0.0376. The Morgan fingerprint density at radius 3 is 2.46 bits per heavy atom. The Balaban J connectivity index is 1.86. The third-order valence-corrected chi connectivity index (χ3v) is 5.47. The fourth-order valence-corrected chi connectivity index (χ4v) is 3.77. The van der Waals surface area contributed by atoms with Crippen molar-refractivity contribution in [3.8, 4) is 0 Å². The van der Waals surface area contributed by atoms with Gasteiger partial charge in [-0.2, -0.15) is 4.58 Å². The molecule has 0 N–H and O–H groups in total. The molecule has 1 aliphatic rings. The van der Waals surface area contributed by atoms with Gasteiger partial charge in [-0.3, -0.25) is 0 Å². The molecule has 0 saturated heterocycles. The first kappa shape index (κ1) is 18.3. The second-order valence-corrected chi connectivity index (χ2v) is 7.59. The van der Waals surface area contributed by atoms with Crippen LogP contribution in [-0.4, -0.2) is 41.7 Å². The first-order valence-corrected chi connectivity index (χ1v) is 9.45. The second-order valence-electron chi connectivity index (χ2n) is 7.59. The van der Waals surface area contributed by atoms with E-state index >= 15 is 0 Å². The van der Waals surface area contributed by atoms with Gasteiger partial charge in [0.1, 0.15) is 20.6 Å². The predicted molar refractivity (Wildman–Crippen MR) is 111 cm³/mol. The molecule has 2 heteroatoms. The third-order valence-electron chi connectivity index (χ3n) is 5.47. The lowest BCUT2D eigenvalue weighted by molar-refractivity contribution is -0.488. The van der Waals surface area contributed by atoms with Crippen molar-refractivity contribution in [3.63, 3.8) is 0 Å². The van der Waals surface area contributed by atoms with Gasteiger partial charge in [-0.05, 0) is 38.8 Å². The largest absolute Gasteiger partial charge is 0.238 e. The van der Waals surface area contributed by atoms with E-state index in [1.807, 2.05) is 0 Å². The summed E-state index contributed by atoms with van der Waals surface area (Å²) in [6.07, 6.45) is 7.78. The molecule has 0 fully saturated rings. The standard InChI is InChI=1S/C24H30N2/c1-6-25(4)18-20-13-8-7-12-19(20)14-11-17-23-24(2,3)21-15-9-10-16-22(21)26(23)5/h7-13,15-18H,6,14H2,1-5H3/q+2/b17-11+,25-18+. The number of para-hydroxylation sites is 1. The van der Waals surface area contributed by atoms with Crippen LogP contribution in [0.25, 0.3) is 0 Å². The molecule has 2 aromatic rings. The Morgan fingerprint density at radius 1 is 1.04 bits per heavy atom. The van der Waals surface area contributed by atoms with Crippen LogP contribution in [0.2, 0.25) is 0 Å². The molecule has 0 aliphatic carbocycles. The number of hydrogen-bond donors (Lipinski definition) is 0. The Labute approximate surface area is 157 Å². The van der Waals surface area contributed by atoms with Crippen LogP contribution >= 0.6 is 0 Å². The van der Waals surface area contributed by atoms with Crippen LogP contribution in [0.4, 0.5) is 5.69 Å². The summed E-state index contributed by atoms with van der Waals surface area (Å²) in [5.74, 6) is 0. The highest BCUT2D eigenvalue weighted by atomic mass is 15.0. The van der Waals surface area contributed by atoms with Gasteiger partial charge in [-0.1, -0.05) is 42.5 Å². The summed E-state index contributed by atoms with van der Waals surface area (Å²) in [7, 11) is 4.29. The van der Waals surface area contributed by atoms with Crippen LogP contribution < -0.4 is 0 Å². The predicted octanol–water partition coefficient (Wildman–Crippen LogP) is 4.57. The van der Waals surface area contributed by atoms with Crippen LogP contribution in [0.1, 0.15) is 37.5 Å². The molecule has 26 heavy (non-hydrogen) atoms. The molecule has 0 aromatic heterocycles. The lowest BCUT2D eigenvalue weighted by atomic mass is 9.81. The number of rotatable bonds is 5. The zero-order valence-corrected chi connectivity index (χ0v) is 16.7. The second kappa shape index (κ2) is 7.41. The molecule has 3 rings (SSSR count). The van der Waals surface area contributed by atoms with Crippen molar-refractivity contribution in [2.45, 2.75) is 32.6 Å². The molecular weight excluding hydrogens is 316 g/mol. The van der Waals surface area contributed by atoms with Gasteiger partial charge in [-0.25, -0.2) is 4.58 Å². The fraction of sp³-hybridized carbons (Fsp3) is 0.333. The first-order valence-electron chi connectivity index (χ1n) is 9.45. The Bertz CT molecular complexity index is 898. The smallest absolute Gasteiger partial charge is 0.209 e. The maximum atomic E-state index is 2.33. The molecule has 0 bridgehead atoms. The number of nitrogens with zero attached hydrogens (tertiary/aromatic N) is 2. The van der Waals surface area contributed by atoms with E-state index in [9.17, 15) is 0 Å². The number of hydrogen-bond acceptors (Lipinski definition) is 0. The minimum atomic E-state index is 0.0376. The fourth-order valence-electron chi connectivity index (χ4n) is 3.77. The molecule has 0 saturated carbocycles. The molecule has 2 aromatic carbocycles. The molecule has 1 aliphatic heterocycles. The van der Waals surface area contributed by atoms with E-state index in [1.54, 1.807) is 0 Å². The minimum Gasteiger partial charge on any atom is -0.238 e. The summed E-state index contributed by atoms with van der Waals surface area (Å²) < 4.78 is 4.55. The molecule has 2 nitrogen and oxygen atoms in total. The van der Waals surface area contributed by atoms with Crippen LogP contribution in [0.15, 0.2) is 60.7 Å². The van der Waals surface area contributed by atoms with Crippen molar-refractivity contribution < 1.29 is 9.15 Å². The van der Waals surface area contributed by atoms with Gasteiger partial charge in [0.25, 0.3) is 0 Å². The maximum Gasteiger partial charge on any atom is 0.209 e. The molecule has 0 amide bonds. The Kier molecular flexibility index (Phi) is 5.22. The van der Waals surface area contributed by atoms with E-state index in [1.165, 1.54) is 28.1 Å². The SMILES string of the molecule is CC/[N+](C)=C/c1ccccc1C/C=C/C1=[N+](C)c2ccccc2C1(C)C. The van der Waals surface area contributed by atoms with E-state index in [2.05, 4.69) is 111 Å².